The first-order valence-electron chi connectivity index (χ1n) is 8.89. The van der Waals surface area contributed by atoms with Gasteiger partial charge in [-0.15, -0.1) is 11.8 Å². The number of hydrogen-bond donors (Lipinski definition) is 2. The smallest absolute Gasteiger partial charge is 0.166 e. The predicted molar refractivity (Wildman–Crippen MR) is 117 cm³/mol. The first-order valence-corrected chi connectivity index (χ1v) is 11.1. The highest BCUT2D eigenvalue weighted by Gasteiger charge is 2.15. The molecule has 2 aromatic carbocycles. The number of H-pyrrole nitrogens is 1. The fraction of sp³-hybridized carbons (Fsp3) is 0.0909. The highest BCUT2D eigenvalue weighted by molar-refractivity contribution is 7.98. The Balaban J connectivity index is 1.65. The molecule has 2 heterocycles. The summed E-state index contributed by atoms with van der Waals surface area (Å²) in [7, 11) is 0. The molecule has 4 nitrogen and oxygen atoms in total. The van der Waals surface area contributed by atoms with Gasteiger partial charge in [0.05, 0.1) is 11.4 Å². The number of phenols is 1. The van der Waals surface area contributed by atoms with Crippen LogP contribution in [0.2, 0.25) is 0 Å². The molecular formula is C22H18FN3OS2. The van der Waals surface area contributed by atoms with Gasteiger partial charge in [0.25, 0.3) is 0 Å². The lowest BCUT2D eigenvalue weighted by Gasteiger charge is -2.05. The van der Waals surface area contributed by atoms with E-state index < -0.39 is 0 Å². The van der Waals surface area contributed by atoms with Gasteiger partial charge in [0.15, 0.2) is 5.16 Å². The molecule has 29 heavy (non-hydrogen) atoms. The van der Waals surface area contributed by atoms with Crippen LogP contribution in [-0.4, -0.2) is 26.3 Å². The standard InChI is InChI=1S/C22H18FN3OS2/c1-28-18-7-4-16(19(27)12-18)13-29-22-25-20(14-2-5-17(23)6-3-14)21(26-22)15-8-10-24-11-9-15/h2-12,27H,13H2,1H3,(H,25,26). The first-order chi connectivity index (χ1) is 14.1. The molecule has 0 aliphatic rings. The first kappa shape index (κ1) is 19.5. The van der Waals surface area contributed by atoms with Gasteiger partial charge >= 0.3 is 0 Å². The van der Waals surface area contributed by atoms with Crippen molar-refractivity contribution in [2.75, 3.05) is 6.26 Å². The summed E-state index contributed by atoms with van der Waals surface area (Å²) in [4.78, 5) is 13.2. The van der Waals surface area contributed by atoms with Crippen LogP contribution in [0, 0.1) is 5.82 Å². The molecule has 7 heteroatoms. The van der Waals surface area contributed by atoms with E-state index in [9.17, 15) is 9.50 Å². The van der Waals surface area contributed by atoms with Crippen molar-refractivity contribution in [3.8, 4) is 28.3 Å². The summed E-state index contributed by atoms with van der Waals surface area (Å²) in [6.45, 7) is 0. The summed E-state index contributed by atoms with van der Waals surface area (Å²) in [5, 5.41) is 11.0. The van der Waals surface area contributed by atoms with Crippen molar-refractivity contribution in [2.45, 2.75) is 15.8 Å². The number of aromatic hydroxyl groups is 1. The van der Waals surface area contributed by atoms with Crippen LogP contribution >= 0.6 is 23.5 Å². The van der Waals surface area contributed by atoms with Gasteiger partial charge in [-0.05, 0) is 54.8 Å². The second kappa shape index (κ2) is 8.71. The van der Waals surface area contributed by atoms with Crippen LogP contribution in [0.1, 0.15) is 5.56 Å². The number of thioether (sulfide) groups is 2. The molecule has 0 radical (unpaired) electrons. The molecule has 146 valence electrons. The number of pyridine rings is 1. The van der Waals surface area contributed by atoms with Crippen LogP contribution in [0.25, 0.3) is 22.5 Å². The van der Waals surface area contributed by atoms with Gasteiger partial charge in [0, 0.05) is 39.7 Å². The number of benzene rings is 2. The van der Waals surface area contributed by atoms with E-state index >= 15 is 0 Å². The maximum Gasteiger partial charge on any atom is 0.166 e. The van der Waals surface area contributed by atoms with E-state index in [1.54, 1.807) is 42.4 Å². The third-order valence-electron chi connectivity index (χ3n) is 4.43. The molecule has 0 spiro atoms. The highest BCUT2D eigenvalue weighted by atomic mass is 32.2. The molecule has 0 saturated carbocycles. The second-order valence-electron chi connectivity index (χ2n) is 6.29. The van der Waals surface area contributed by atoms with E-state index in [1.807, 2.05) is 30.5 Å². The Hall–Kier alpha value is -2.77. The summed E-state index contributed by atoms with van der Waals surface area (Å²) < 4.78 is 13.4. The summed E-state index contributed by atoms with van der Waals surface area (Å²) in [6.07, 6.45) is 5.43. The molecule has 4 rings (SSSR count). The molecule has 4 aromatic rings. The Bertz CT molecular complexity index is 1110. The molecule has 0 bridgehead atoms. The van der Waals surface area contributed by atoms with Crippen LogP contribution in [0.5, 0.6) is 5.75 Å². The Labute approximate surface area is 176 Å². The number of nitrogens with zero attached hydrogens (tertiary/aromatic N) is 2. The van der Waals surface area contributed by atoms with E-state index in [4.69, 9.17) is 4.98 Å². The second-order valence-corrected chi connectivity index (χ2v) is 8.14. The number of nitrogens with one attached hydrogen (secondary N) is 1. The minimum Gasteiger partial charge on any atom is -0.508 e. The number of hydrogen-bond acceptors (Lipinski definition) is 5. The number of rotatable bonds is 6. The zero-order valence-electron chi connectivity index (χ0n) is 15.6. The Kier molecular flexibility index (Phi) is 5.87. The molecular weight excluding hydrogens is 405 g/mol. The fourth-order valence-electron chi connectivity index (χ4n) is 2.90. The number of phenolic OH excluding ortho intramolecular Hbond substituents is 1. The zero-order valence-corrected chi connectivity index (χ0v) is 17.2. The summed E-state index contributed by atoms with van der Waals surface area (Å²) >= 11 is 3.10. The average molecular weight is 424 g/mol. The quantitative estimate of drug-likeness (QED) is 0.373. The zero-order chi connectivity index (χ0) is 20.2. The van der Waals surface area contributed by atoms with Gasteiger partial charge in [-0.1, -0.05) is 17.8 Å². The Morgan fingerprint density at radius 1 is 1.00 bits per heavy atom. The van der Waals surface area contributed by atoms with Gasteiger partial charge in [-0.25, -0.2) is 9.37 Å². The Morgan fingerprint density at radius 2 is 1.76 bits per heavy atom. The van der Waals surface area contributed by atoms with E-state index in [0.29, 0.717) is 5.75 Å². The lowest BCUT2D eigenvalue weighted by atomic mass is 10.1. The molecule has 0 unspecified atom stereocenters. The van der Waals surface area contributed by atoms with Gasteiger partial charge in [0.2, 0.25) is 0 Å². The highest BCUT2D eigenvalue weighted by Crippen LogP contribution is 2.35. The molecule has 0 saturated heterocycles. The largest absolute Gasteiger partial charge is 0.508 e. The van der Waals surface area contributed by atoms with Crippen molar-refractivity contribution in [2.24, 2.45) is 0 Å². The topological polar surface area (TPSA) is 61.8 Å². The minimum absolute atomic E-state index is 0.282. The molecule has 0 aliphatic carbocycles. The van der Waals surface area contributed by atoms with Crippen molar-refractivity contribution >= 4 is 23.5 Å². The SMILES string of the molecule is CSc1ccc(CSc2nc(-c3ccc(F)cc3)c(-c3ccncc3)[nH]2)c(O)c1. The molecule has 0 atom stereocenters. The predicted octanol–water partition coefficient (Wildman–Crippen LogP) is 6.00. The number of imidazole rings is 1. The van der Waals surface area contributed by atoms with E-state index in [2.05, 4.69) is 9.97 Å². The van der Waals surface area contributed by atoms with Crippen molar-refractivity contribution in [1.29, 1.82) is 0 Å². The number of halogens is 1. The Morgan fingerprint density at radius 3 is 2.45 bits per heavy atom. The maximum absolute atomic E-state index is 13.4. The number of aromatic amines is 1. The van der Waals surface area contributed by atoms with Crippen LogP contribution in [0.15, 0.2) is 77.0 Å². The van der Waals surface area contributed by atoms with Crippen LogP contribution in [-0.2, 0) is 5.75 Å². The van der Waals surface area contributed by atoms with Gasteiger partial charge < -0.3 is 10.1 Å². The van der Waals surface area contributed by atoms with E-state index in [0.717, 1.165) is 38.1 Å². The lowest BCUT2D eigenvalue weighted by Crippen LogP contribution is -1.84. The normalized spacial score (nSPS) is 11.0. The van der Waals surface area contributed by atoms with E-state index in [-0.39, 0.29) is 11.6 Å². The van der Waals surface area contributed by atoms with Crippen molar-refractivity contribution in [1.82, 2.24) is 15.0 Å². The average Bonchev–Trinajstić information content (AvgIpc) is 3.18. The molecule has 0 amide bonds. The summed E-state index contributed by atoms with van der Waals surface area (Å²) in [5.41, 5.74) is 4.22. The van der Waals surface area contributed by atoms with Crippen molar-refractivity contribution in [3.63, 3.8) is 0 Å². The third kappa shape index (κ3) is 4.46. The van der Waals surface area contributed by atoms with Crippen molar-refractivity contribution < 1.29 is 9.50 Å². The minimum atomic E-state index is -0.284. The molecule has 2 N–H and O–H groups in total. The summed E-state index contributed by atoms with van der Waals surface area (Å²) in [6, 6.07) is 15.8. The maximum atomic E-state index is 13.4. The third-order valence-corrected chi connectivity index (χ3v) is 6.07. The number of aromatic nitrogens is 3. The van der Waals surface area contributed by atoms with Crippen LogP contribution < -0.4 is 0 Å². The monoisotopic (exact) mass is 423 g/mol. The lowest BCUT2D eigenvalue weighted by molar-refractivity contribution is 0.469. The molecule has 0 fully saturated rings. The molecule has 2 aromatic heterocycles. The molecule has 0 aliphatic heterocycles. The van der Waals surface area contributed by atoms with Crippen LogP contribution in [0.4, 0.5) is 4.39 Å². The fourth-order valence-corrected chi connectivity index (χ4v) is 4.20. The van der Waals surface area contributed by atoms with Crippen molar-refractivity contribution in [3.05, 3.63) is 78.4 Å². The van der Waals surface area contributed by atoms with E-state index in [1.165, 1.54) is 23.9 Å². The summed E-state index contributed by atoms with van der Waals surface area (Å²) in [5.74, 6) is 0.574. The van der Waals surface area contributed by atoms with Gasteiger partial charge in [0.1, 0.15) is 11.6 Å². The van der Waals surface area contributed by atoms with Gasteiger partial charge in [-0.2, -0.15) is 0 Å². The van der Waals surface area contributed by atoms with Crippen LogP contribution in [0.3, 0.4) is 0 Å². The van der Waals surface area contributed by atoms with Gasteiger partial charge in [-0.3, -0.25) is 4.98 Å².